The molecule has 1 aromatic carbocycles. The lowest BCUT2D eigenvalue weighted by Crippen LogP contribution is -1.97. The minimum atomic E-state index is -1.75. The van der Waals surface area contributed by atoms with E-state index in [9.17, 15) is 23.3 Å². The topological polar surface area (TPSA) is 69.2 Å². The lowest BCUT2D eigenvalue weighted by atomic mass is 10.2. The molecule has 16 heavy (non-hydrogen) atoms. The second-order valence-corrected chi connectivity index (χ2v) is 3.36. The Hall–Kier alpha value is -1.31. The molecule has 2 N–H and O–H groups in total. The minimum absolute atomic E-state index is 0.0159. The predicted molar refractivity (Wildman–Crippen MR) is 57.1 cm³/mol. The predicted octanol–water partition coefficient (Wildman–Crippen LogP) is 3.29. The van der Waals surface area contributed by atoms with Crippen LogP contribution in [-0.4, -0.2) is 11.9 Å². The highest BCUT2D eigenvalue weighted by Crippen LogP contribution is 2.31. The smallest absolute Gasteiger partial charge is 0.293 e. The minimum Gasteiger partial charge on any atom is -0.392 e. The Balaban J connectivity index is 0.000000673. The number of hydrogen-bond donors (Lipinski definition) is 1. The maximum Gasteiger partial charge on any atom is 0.293 e. The summed E-state index contributed by atoms with van der Waals surface area (Å²) in [5, 5.41) is 10.4. The fourth-order valence-corrected chi connectivity index (χ4v) is 1.38. The van der Waals surface area contributed by atoms with Gasteiger partial charge in [0.25, 0.3) is 5.69 Å². The molecule has 0 fully saturated rings. The van der Waals surface area contributed by atoms with Crippen molar-refractivity contribution >= 4 is 27.3 Å². The summed E-state index contributed by atoms with van der Waals surface area (Å²) in [6, 6.07) is 2.54. The Labute approximate surface area is 97.5 Å². The average Bonchev–Trinajstić information content (AvgIpc) is 2.22. The van der Waals surface area contributed by atoms with E-state index in [4.69, 9.17) is 5.73 Å². The second-order valence-electron chi connectivity index (χ2n) is 2.50. The van der Waals surface area contributed by atoms with Crippen LogP contribution in [0.15, 0.2) is 16.6 Å². The maximum atomic E-state index is 12.2. The van der Waals surface area contributed by atoms with Gasteiger partial charge in [0.05, 0.1) is 4.92 Å². The summed E-state index contributed by atoms with van der Waals surface area (Å²) in [4.78, 5) is 9.78. The van der Waals surface area contributed by atoms with E-state index in [1.165, 1.54) is 6.07 Å². The third kappa shape index (κ3) is 4.05. The van der Waals surface area contributed by atoms with Crippen LogP contribution in [-0.2, 0) is 6.67 Å². The second kappa shape index (κ2) is 7.04. The number of nitrogen functional groups attached to an aromatic ring is 1. The van der Waals surface area contributed by atoms with Gasteiger partial charge in [0.1, 0.15) is 12.4 Å². The highest BCUT2D eigenvalue weighted by Gasteiger charge is 2.15. The van der Waals surface area contributed by atoms with Gasteiger partial charge in [-0.2, -0.15) is 0 Å². The molecule has 0 aromatic heterocycles. The van der Waals surface area contributed by atoms with E-state index >= 15 is 0 Å². The van der Waals surface area contributed by atoms with E-state index in [2.05, 4.69) is 15.9 Å². The van der Waals surface area contributed by atoms with E-state index in [-0.39, 0.29) is 16.9 Å². The summed E-state index contributed by atoms with van der Waals surface area (Å²) in [7, 11) is 0. The number of hydrogen-bond acceptors (Lipinski definition) is 3. The van der Waals surface area contributed by atoms with Gasteiger partial charge < -0.3 is 5.73 Å². The van der Waals surface area contributed by atoms with Gasteiger partial charge in [0.2, 0.25) is 6.93 Å². The number of benzene rings is 1. The summed E-state index contributed by atoms with van der Waals surface area (Å²) in [5.74, 6) is 0. The van der Waals surface area contributed by atoms with E-state index in [1.54, 1.807) is 0 Å². The van der Waals surface area contributed by atoms with Crippen molar-refractivity contribution in [3.05, 3.63) is 32.3 Å². The van der Waals surface area contributed by atoms with Crippen molar-refractivity contribution in [3.63, 3.8) is 0 Å². The highest BCUT2D eigenvalue weighted by atomic mass is 79.9. The Kier molecular flexibility index (Phi) is 6.47. The molecule has 8 heteroatoms. The highest BCUT2D eigenvalue weighted by molar-refractivity contribution is 9.10. The van der Waals surface area contributed by atoms with Gasteiger partial charge in [-0.1, -0.05) is 0 Å². The van der Waals surface area contributed by atoms with Crippen molar-refractivity contribution in [2.75, 3.05) is 12.7 Å². The van der Waals surface area contributed by atoms with Crippen LogP contribution in [0.25, 0.3) is 0 Å². The number of anilines is 1. The first-order chi connectivity index (χ1) is 7.47. The fraction of sp³-hybridized carbons (Fsp3) is 0.250. The summed E-state index contributed by atoms with van der Waals surface area (Å²) in [5.41, 5.74) is 5.37. The Morgan fingerprint density at radius 1 is 1.38 bits per heavy atom. The SMILES string of the molecule is FCF.Nc1c(Br)cc(CF)cc1[N+](=O)[O-]. The standard InChI is InChI=1S/C7H6BrFN2O2.CH2F2/c8-5-1-4(3-9)2-6(7(5)10)11(12)13;2-1-3/h1-2H,3,10H2;1H2. The molecular weight excluding hydrogens is 293 g/mol. The van der Waals surface area contributed by atoms with Crippen molar-refractivity contribution < 1.29 is 18.1 Å². The molecule has 0 aliphatic carbocycles. The van der Waals surface area contributed by atoms with E-state index in [0.717, 1.165) is 6.07 Å². The van der Waals surface area contributed by atoms with Crippen LogP contribution in [0.1, 0.15) is 5.56 Å². The van der Waals surface area contributed by atoms with Crippen LogP contribution in [0.5, 0.6) is 0 Å². The van der Waals surface area contributed by atoms with Crippen molar-refractivity contribution in [1.82, 2.24) is 0 Å². The fourth-order valence-electron chi connectivity index (χ4n) is 0.886. The van der Waals surface area contributed by atoms with Gasteiger partial charge in [0.15, 0.2) is 0 Å². The van der Waals surface area contributed by atoms with Crippen LogP contribution in [0.3, 0.4) is 0 Å². The molecule has 0 spiro atoms. The van der Waals surface area contributed by atoms with Gasteiger partial charge in [-0.15, -0.1) is 0 Å². The average molecular weight is 301 g/mol. The first-order valence-corrected chi connectivity index (χ1v) is 4.67. The zero-order valence-corrected chi connectivity index (χ0v) is 9.51. The molecule has 0 saturated carbocycles. The molecule has 0 aliphatic heterocycles. The molecule has 0 amide bonds. The van der Waals surface area contributed by atoms with Crippen molar-refractivity contribution in [1.29, 1.82) is 0 Å². The van der Waals surface area contributed by atoms with Crippen molar-refractivity contribution in [3.8, 4) is 0 Å². The monoisotopic (exact) mass is 300 g/mol. The van der Waals surface area contributed by atoms with Crippen molar-refractivity contribution in [2.45, 2.75) is 6.67 Å². The first kappa shape index (κ1) is 14.7. The van der Waals surface area contributed by atoms with E-state index in [0.29, 0.717) is 4.47 Å². The van der Waals surface area contributed by atoms with Gasteiger partial charge in [-0.05, 0) is 27.6 Å². The molecule has 0 saturated heterocycles. The summed E-state index contributed by atoms with van der Waals surface area (Å²) < 4.78 is 31.8. The molecule has 0 aliphatic rings. The van der Waals surface area contributed by atoms with Gasteiger partial charge >= 0.3 is 0 Å². The van der Waals surface area contributed by atoms with Gasteiger partial charge in [-0.3, -0.25) is 10.1 Å². The molecule has 0 heterocycles. The first-order valence-electron chi connectivity index (χ1n) is 3.88. The molecule has 0 bridgehead atoms. The van der Waals surface area contributed by atoms with Crippen LogP contribution >= 0.6 is 15.9 Å². The molecular formula is C8H8BrF3N2O2. The summed E-state index contributed by atoms with van der Waals surface area (Å²) in [6.07, 6.45) is 0. The largest absolute Gasteiger partial charge is 0.392 e. The number of alkyl halides is 3. The zero-order chi connectivity index (χ0) is 12.7. The van der Waals surface area contributed by atoms with Crippen LogP contribution in [0, 0.1) is 10.1 Å². The summed E-state index contributed by atoms with van der Waals surface area (Å²) >= 11 is 3.01. The quantitative estimate of drug-likeness (QED) is 0.517. The van der Waals surface area contributed by atoms with Gasteiger partial charge in [0, 0.05) is 10.5 Å². The number of rotatable bonds is 2. The number of halogens is 4. The Morgan fingerprint density at radius 3 is 2.25 bits per heavy atom. The van der Waals surface area contributed by atoms with Crippen LogP contribution in [0.2, 0.25) is 0 Å². The normalized spacial score (nSPS) is 9.25. The number of nitrogens with two attached hydrogens (primary N) is 1. The Morgan fingerprint density at radius 2 is 1.88 bits per heavy atom. The number of nitro benzene ring substituents is 1. The third-order valence-corrected chi connectivity index (χ3v) is 2.17. The molecule has 4 nitrogen and oxygen atoms in total. The Bertz CT molecular complexity index is 377. The van der Waals surface area contributed by atoms with Gasteiger partial charge in [-0.25, -0.2) is 13.2 Å². The number of nitrogens with zero attached hydrogens (tertiary/aromatic N) is 1. The molecule has 0 unspecified atom stereocenters. The van der Waals surface area contributed by atoms with Crippen LogP contribution < -0.4 is 5.73 Å². The van der Waals surface area contributed by atoms with E-state index < -0.39 is 18.5 Å². The number of nitro groups is 1. The molecule has 1 aromatic rings. The van der Waals surface area contributed by atoms with Crippen molar-refractivity contribution in [2.24, 2.45) is 0 Å². The molecule has 0 atom stereocenters. The van der Waals surface area contributed by atoms with E-state index in [1.807, 2.05) is 0 Å². The molecule has 0 radical (unpaired) electrons. The lowest BCUT2D eigenvalue weighted by molar-refractivity contribution is -0.384. The maximum absolute atomic E-state index is 12.2. The lowest BCUT2D eigenvalue weighted by Gasteiger charge is -2.01. The molecule has 90 valence electrons. The molecule has 1 rings (SSSR count). The zero-order valence-electron chi connectivity index (χ0n) is 7.92. The summed E-state index contributed by atoms with van der Waals surface area (Å²) in [6.45, 7) is -2.50. The third-order valence-electron chi connectivity index (χ3n) is 1.52. The van der Waals surface area contributed by atoms with Crippen LogP contribution in [0.4, 0.5) is 24.5 Å².